The molecule has 16 rings (SSSR count). The van der Waals surface area contributed by atoms with Crippen LogP contribution in [0.5, 0.6) is 0 Å². The fourth-order valence-electron chi connectivity index (χ4n) is 12.8. The fourth-order valence-corrected chi connectivity index (χ4v) is 13.6. The number of aromatic nitrogens is 7. The van der Waals surface area contributed by atoms with E-state index >= 15 is 0 Å². The van der Waals surface area contributed by atoms with Gasteiger partial charge in [-0.1, -0.05) is 121 Å². The van der Waals surface area contributed by atoms with Gasteiger partial charge >= 0.3 is 0 Å². The standard InChI is InChI=1S/C72H42IN9/c1-43-36-46(40-47(73)37-43)70-76-71(56-30-28-45(42-75)39-65(56)82-59-25-13-9-21-51(59)53-32-35-64-67(69(53)82)55-23-11-15-27-61(55)80(64)49-18-6-3-7-19-49)78-72(77-70)57-38-44(41-74)29-33-62(57)81-58-24-12-8-20-50(58)52-31-34-63-66(68(52)81)54-22-10-14-26-60(54)79(63)48-16-4-2-5-17-48/h2-40H,1H3. The van der Waals surface area contributed by atoms with Crippen molar-refractivity contribution in [3.63, 3.8) is 0 Å². The van der Waals surface area contributed by atoms with Crippen molar-refractivity contribution in [2.45, 2.75) is 6.92 Å². The van der Waals surface area contributed by atoms with Gasteiger partial charge in [-0.2, -0.15) is 10.5 Å². The minimum atomic E-state index is 0.388. The quantitative estimate of drug-likeness (QED) is 0.148. The number of hydrogen-bond acceptors (Lipinski definition) is 5. The predicted molar refractivity (Wildman–Crippen MR) is 340 cm³/mol. The Kier molecular flexibility index (Phi) is 10.7. The molecule has 382 valence electrons. The van der Waals surface area contributed by atoms with Crippen molar-refractivity contribution in [3.8, 4) is 69.1 Å². The third-order valence-electron chi connectivity index (χ3n) is 16.1. The smallest absolute Gasteiger partial charge is 0.166 e. The second kappa shape index (κ2) is 18.5. The van der Waals surface area contributed by atoms with Gasteiger partial charge in [-0.25, -0.2) is 15.0 Å². The molecule has 11 aromatic carbocycles. The van der Waals surface area contributed by atoms with Crippen molar-refractivity contribution in [3.05, 3.63) is 257 Å². The van der Waals surface area contributed by atoms with Gasteiger partial charge in [-0.15, -0.1) is 0 Å². The number of para-hydroxylation sites is 6. The Bertz CT molecular complexity index is 5440. The summed E-state index contributed by atoms with van der Waals surface area (Å²) in [5, 5.41) is 30.3. The molecular formula is C72H42IN9. The van der Waals surface area contributed by atoms with E-state index in [9.17, 15) is 10.5 Å². The second-order valence-electron chi connectivity index (χ2n) is 20.8. The molecule has 0 atom stereocenters. The fraction of sp³-hybridized carbons (Fsp3) is 0.0139. The molecule has 5 aromatic heterocycles. The SMILES string of the molecule is Cc1cc(I)cc(-c2nc(-c3cc(C#N)ccc3-n3c4ccccc4c4ccc5c(c6ccccc6n5-c5ccccc5)c43)nc(-c3ccc(C#N)cc3-n3c4ccccc4c4ccc5c(c6ccccc6n5-c5ccccc5)c43)n2)c1. The zero-order chi connectivity index (χ0) is 54.7. The lowest BCUT2D eigenvalue weighted by molar-refractivity contribution is 1.06. The van der Waals surface area contributed by atoms with Crippen LogP contribution in [-0.4, -0.2) is 33.2 Å². The van der Waals surface area contributed by atoms with E-state index < -0.39 is 0 Å². The molecule has 0 aliphatic carbocycles. The third-order valence-corrected chi connectivity index (χ3v) is 16.7. The molecule has 0 amide bonds. The van der Waals surface area contributed by atoms with Gasteiger partial charge in [0.2, 0.25) is 0 Å². The van der Waals surface area contributed by atoms with Crippen LogP contribution in [0.4, 0.5) is 0 Å². The molecule has 82 heavy (non-hydrogen) atoms. The van der Waals surface area contributed by atoms with Gasteiger partial charge in [-0.05, 0) is 150 Å². The molecule has 10 heteroatoms. The van der Waals surface area contributed by atoms with Crippen molar-refractivity contribution in [1.82, 2.24) is 33.2 Å². The average molecular weight is 1160 g/mol. The highest BCUT2D eigenvalue weighted by Gasteiger charge is 2.27. The number of aryl methyl sites for hydroxylation is 1. The van der Waals surface area contributed by atoms with E-state index in [4.69, 9.17) is 15.0 Å². The molecule has 0 saturated carbocycles. The van der Waals surface area contributed by atoms with E-state index in [1.165, 1.54) is 0 Å². The lowest BCUT2D eigenvalue weighted by atomic mass is 10.0. The number of halogens is 1. The minimum absolute atomic E-state index is 0.388. The first-order valence-electron chi connectivity index (χ1n) is 27.1. The van der Waals surface area contributed by atoms with Crippen molar-refractivity contribution >= 4 is 110 Å². The molecule has 0 spiro atoms. The van der Waals surface area contributed by atoms with Crippen molar-refractivity contribution in [2.75, 3.05) is 0 Å². The van der Waals surface area contributed by atoms with Gasteiger partial charge in [0.05, 0.1) is 78.8 Å². The number of fused-ring (bicyclic) bond motifs is 14. The summed E-state index contributed by atoms with van der Waals surface area (Å²) in [6.45, 7) is 2.08. The highest BCUT2D eigenvalue weighted by Crippen LogP contribution is 2.46. The Morgan fingerprint density at radius 3 is 1.34 bits per heavy atom. The van der Waals surface area contributed by atoms with E-state index in [-0.39, 0.29) is 0 Å². The van der Waals surface area contributed by atoms with Crippen LogP contribution in [0, 0.1) is 33.2 Å². The van der Waals surface area contributed by atoms with E-state index in [1.54, 1.807) is 0 Å². The number of hydrogen-bond donors (Lipinski definition) is 0. The molecule has 9 nitrogen and oxygen atoms in total. The Hall–Kier alpha value is -10.7. The van der Waals surface area contributed by atoms with Crippen molar-refractivity contribution < 1.29 is 0 Å². The summed E-state index contributed by atoms with van der Waals surface area (Å²) < 4.78 is 10.4. The summed E-state index contributed by atoms with van der Waals surface area (Å²) in [7, 11) is 0. The first-order chi connectivity index (χ1) is 40.4. The highest BCUT2D eigenvalue weighted by atomic mass is 127. The summed E-state index contributed by atoms with van der Waals surface area (Å²) >= 11 is 2.36. The summed E-state index contributed by atoms with van der Waals surface area (Å²) in [4.78, 5) is 16.5. The molecule has 0 N–H and O–H groups in total. The molecule has 0 radical (unpaired) electrons. The molecule has 16 aromatic rings. The Morgan fingerprint density at radius 2 is 0.805 bits per heavy atom. The van der Waals surface area contributed by atoms with Gasteiger partial charge in [0.1, 0.15) is 0 Å². The second-order valence-corrected chi connectivity index (χ2v) is 22.0. The predicted octanol–water partition coefficient (Wildman–Crippen LogP) is 17.9. The van der Waals surface area contributed by atoms with Gasteiger partial charge in [-0.3, -0.25) is 0 Å². The van der Waals surface area contributed by atoms with E-state index in [0.29, 0.717) is 39.7 Å². The van der Waals surface area contributed by atoms with Crippen molar-refractivity contribution in [2.24, 2.45) is 0 Å². The van der Waals surface area contributed by atoms with Crippen LogP contribution in [0.2, 0.25) is 0 Å². The molecule has 0 saturated heterocycles. The lowest BCUT2D eigenvalue weighted by Crippen LogP contribution is -2.06. The van der Waals surface area contributed by atoms with Crippen LogP contribution in [0.25, 0.3) is 144 Å². The highest BCUT2D eigenvalue weighted by molar-refractivity contribution is 14.1. The van der Waals surface area contributed by atoms with Gasteiger partial charge in [0.25, 0.3) is 0 Å². The summed E-state index contributed by atoms with van der Waals surface area (Å²) in [6, 6.07) is 87.1. The number of benzene rings is 11. The Labute approximate surface area is 483 Å². The van der Waals surface area contributed by atoms with Crippen LogP contribution in [-0.2, 0) is 0 Å². The lowest BCUT2D eigenvalue weighted by Gasteiger charge is -2.17. The Balaban J connectivity index is 1.01. The minimum Gasteiger partial charge on any atom is -0.309 e. The van der Waals surface area contributed by atoms with Gasteiger partial charge < -0.3 is 18.3 Å². The summed E-state index contributed by atoms with van der Waals surface area (Å²) in [5.41, 5.74) is 16.1. The van der Waals surface area contributed by atoms with Crippen molar-refractivity contribution in [1.29, 1.82) is 10.5 Å². The number of nitrogens with zero attached hydrogens (tertiary/aromatic N) is 9. The maximum absolute atomic E-state index is 10.8. The largest absolute Gasteiger partial charge is 0.309 e. The third kappa shape index (κ3) is 7.12. The number of rotatable bonds is 7. The van der Waals surface area contributed by atoms with E-state index in [0.717, 1.165) is 125 Å². The Morgan fingerprint density at radius 1 is 0.354 bits per heavy atom. The first kappa shape index (κ1) is 47.3. The maximum Gasteiger partial charge on any atom is 0.166 e. The topological polar surface area (TPSA) is 106 Å². The maximum atomic E-state index is 10.8. The normalized spacial score (nSPS) is 11.8. The van der Waals surface area contributed by atoms with Crippen LogP contribution < -0.4 is 0 Å². The van der Waals surface area contributed by atoms with E-state index in [1.807, 2.05) is 48.5 Å². The van der Waals surface area contributed by atoms with Crippen LogP contribution in [0.1, 0.15) is 16.7 Å². The molecule has 0 unspecified atom stereocenters. The zero-order valence-electron chi connectivity index (χ0n) is 43.9. The number of nitriles is 2. The molecule has 0 fully saturated rings. The van der Waals surface area contributed by atoms with Crippen LogP contribution in [0.3, 0.4) is 0 Å². The first-order valence-corrected chi connectivity index (χ1v) is 28.2. The molecule has 0 bridgehead atoms. The summed E-state index contributed by atoms with van der Waals surface area (Å²) in [5.74, 6) is 1.26. The molecule has 0 aliphatic heterocycles. The monoisotopic (exact) mass is 1160 g/mol. The molecular weight excluding hydrogens is 1120 g/mol. The van der Waals surface area contributed by atoms with E-state index in [2.05, 4.69) is 248 Å². The zero-order valence-corrected chi connectivity index (χ0v) is 46.1. The molecule has 0 aliphatic rings. The van der Waals surface area contributed by atoms with Gasteiger partial charge in [0, 0.05) is 74.7 Å². The molecule has 5 heterocycles. The summed E-state index contributed by atoms with van der Waals surface area (Å²) in [6.07, 6.45) is 0. The van der Waals surface area contributed by atoms with Gasteiger partial charge in [0.15, 0.2) is 17.5 Å². The average Bonchev–Trinajstić information content (AvgIpc) is 4.45. The van der Waals surface area contributed by atoms with Crippen LogP contribution >= 0.6 is 22.6 Å². The van der Waals surface area contributed by atoms with Crippen LogP contribution in [0.15, 0.2) is 237 Å².